The quantitative estimate of drug-likeness (QED) is 0.705. The highest BCUT2D eigenvalue weighted by molar-refractivity contribution is 6.42. The number of benzene rings is 2. The first kappa shape index (κ1) is 14.4. The molecule has 1 aromatic heterocycles. The van der Waals surface area contributed by atoms with Crippen LogP contribution in [0.1, 0.15) is 11.4 Å². The molecule has 3 aromatic rings. The van der Waals surface area contributed by atoms with Gasteiger partial charge in [0.15, 0.2) is 0 Å². The summed E-state index contributed by atoms with van der Waals surface area (Å²) in [5.74, 6) is 0.893. The van der Waals surface area contributed by atoms with Crippen molar-refractivity contribution < 1.29 is 4.74 Å². The van der Waals surface area contributed by atoms with Crippen molar-refractivity contribution in [3.63, 3.8) is 0 Å². The van der Waals surface area contributed by atoms with Crippen molar-refractivity contribution in [3.05, 3.63) is 63.9 Å². The highest BCUT2D eigenvalue weighted by Crippen LogP contribution is 2.24. The highest BCUT2D eigenvalue weighted by atomic mass is 35.5. The molecule has 1 heterocycles. The molecular weight excluding hydrogens is 307 g/mol. The second-order valence-corrected chi connectivity index (χ2v) is 5.60. The van der Waals surface area contributed by atoms with E-state index >= 15 is 0 Å². The van der Waals surface area contributed by atoms with E-state index in [1.807, 2.05) is 36.4 Å². The number of halogens is 2. The molecular formula is C16H14Cl2N2O. The van der Waals surface area contributed by atoms with Crippen LogP contribution in [0.2, 0.25) is 10.0 Å². The fourth-order valence-corrected chi connectivity index (χ4v) is 2.68. The number of methoxy groups -OCH3 is 1. The number of hydrogen-bond acceptors (Lipinski definition) is 2. The van der Waals surface area contributed by atoms with E-state index in [9.17, 15) is 0 Å². The van der Waals surface area contributed by atoms with Crippen molar-refractivity contribution in [2.45, 2.75) is 13.2 Å². The molecule has 3 nitrogen and oxygen atoms in total. The minimum absolute atomic E-state index is 0.468. The van der Waals surface area contributed by atoms with E-state index in [1.54, 1.807) is 7.11 Å². The fraction of sp³-hybridized carbons (Fsp3) is 0.188. The first-order chi connectivity index (χ1) is 10.2. The predicted molar refractivity (Wildman–Crippen MR) is 86.0 cm³/mol. The first-order valence-electron chi connectivity index (χ1n) is 6.56. The third-order valence-electron chi connectivity index (χ3n) is 3.33. The van der Waals surface area contributed by atoms with Gasteiger partial charge in [0.1, 0.15) is 12.4 Å². The van der Waals surface area contributed by atoms with Crippen LogP contribution in [0.4, 0.5) is 0 Å². The second kappa shape index (κ2) is 6.06. The van der Waals surface area contributed by atoms with Gasteiger partial charge in [0.2, 0.25) is 0 Å². The normalized spacial score (nSPS) is 11.2. The Balaban J connectivity index is 2.05. The third-order valence-corrected chi connectivity index (χ3v) is 4.07. The van der Waals surface area contributed by atoms with Gasteiger partial charge in [-0.3, -0.25) is 0 Å². The molecule has 0 unspecified atom stereocenters. The number of imidazole rings is 1. The van der Waals surface area contributed by atoms with Gasteiger partial charge in [-0.25, -0.2) is 4.98 Å². The molecule has 2 aromatic carbocycles. The molecule has 0 saturated heterocycles. The molecule has 108 valence electrons. The maximum Gasteiger partial charge on any atom is 0.136 e. The number of ether oxygens (including phenoxy) is 1. The summed E-state index contributed by atoms with van der Waals surface area (Å²) in [5.41, 5.74) is 3.12. The standard InChI is InChI=1S/C16H14Cl2N2O/c1-21-10-16-19-14-4-2-3-5-15(14)20(16)9-11-6-7-12(17)13(18)8-11/h2-8H,9-10H2,1H3. The number of hydrogen-bond donors (Lipinski definition) is 0. The fourth-order valence-electron chi connectivity index (χ4n) is 2.36. The monoisotopic (exact) mass is 320 g/mol. The largest absolute Gasteiger partial charge is 0.377 e. The van der Waals surface area contributed by atoms with Crippen molar-refractivity contribution >= 4 is 34.2 Å². The molecule has 5 heteroatoms. The Morgan fingerprint density at radius 3 is 2.67 bits per heavy atom. The second-order valence-electron chi connectivity index (χ2n) is 4.78. The van der Waals surface area contributed by atoms with Crippen molar-refractivity contribution in [2.75, 3.05) is 7.11 Å². The lowest BCUT2D eigenvalue weighted by molar-refractivity contribution is 0.175. The molecule has 0 aliphatic rings. The van der Waals surface area contributed by atoms with E-state index in [4.69, 9.17) is 27.9 Å². The zero-order chi connectivity index (χ0) is 14.8. The minimum atomic E-state index is 0.468. The number of nitrogens with zero attached hydrogens (tertiary/aromatic N) is 2. The minimum Gasteiger partial charge on any atom is -0.377 e. The molecule has 3 rings (SSSR count). The molecule has 0 aliphatic heterocycles. The zero-order valence-corrected chi connectivity index (χ0v) is 13.0. The van der Waals surface area contributed by atoms with Crippen LogP contribution in [-0.2, 0) is 17.9 Å². The van der Waals surface area contributed by atoms with E-state index in [0.717, 1.165) is 22.4 Å². The Labute approximate surface area is 133 Å². The lowest BCUT2D eigenvalue weighted by Gasteiger charge is -2.09. The van der Waals surface area contributed by atoms with Crippen LogP contribution < -0.4 is 0 Å². The lowest BCUT2D eigenvalue weighted by Crippen LogP contribution is -2.06. The molecule has 0 spiro atoms. The van der Waals surface area contributed by atoms with Crippen molar-refractivity contribution in [1.82, 2.24) is 9.55 Å². The summed E-state index contributed by atoms with van der Waals surface area (Å²) >= 11 is 12.1. The van der Waals surface area contributed by atoms with E-state index < -0.39 is 0 Å². The van der Waals surface area contributed by atoms with Crippen molar-refractivity contribution in [3.8, 4) is 0 Å². The highest BCUT2D eigenvalue weighted by Gasteiger charge is 2.11. The van der Waals surface area contributed by atoms with E-state index in [0.29, 0.717) is 23.2 Å². The molecule has 0 amide bonds. The Kier molecular flexibility index (Phi) is 4.15. The smallest absolute Gasteiger partial charge is 0.136 e. The summed E-state index contributed by atoms with van der Waals surface area (Å²) < 4.78 is 7.39. The van der Waals surface area contributed by atoms with Crippen LogP contribution in [-0.4, -0.2) is 16.7 Å². The number of fused-ring (bicyclic) bond motifs is 1. The number of para-hydroxylation sites is 2. The van der Waals surface area contributed by atoms with Crippen LogP contribution >= 0.6 is 23.2 Å². The van der Waals surface area contributed by atoms with E-state index in [1.165, 1.54) is 0 Å². The molecule has 0 fully saturated rings. The third kappa shape index (κ3) is 2.91. The average molecular weight is 321 g/mol. The van der Waals surface area contributed by atoms with Gasteiger partial charge >= 0.3 is 0 Å². The Hall–Kier alpha value is -1.55. The summed E-state index contributed by atoms with van der Waals surface area (Å²) in [6, 6.07) is 13.7. The van der Waals surface area contributed by atoms with Gasteiger partial charge in [-0.1, -0.05) is 41.4 Å². The van der Waals surface area contributed by atoms with Gasteiger partial charge in [0.05, 0.1) is 21.1 Å². The average Bonchev–Trinajstić information content (AvgIpc) is 2.81. The van der Waals surface area contributed by atoms with Gasteiger partial charge in [0.25, 0.3) is 0 Å². The molecule has 0 N–H and O–H groups in total. The molecule has 0 aliphatic carbocycles. The van der Waals surface area contributed by atoms with Crippen LogP contribution in [0.15, 0.2) is 42.5 Å². The summed E-state index contributed by atoms with van der Waals surface area (Å²) in [4.78, 5) is 4.62. The summed E-state index contributed by atoms with van der Waals surface area (Å²) in [6.45, 7) is 1.14. The predicted octanol–water partition coefficient (Wildman–Crippen LogP) is 4.54. The van der Waals surface area contributed by atoms with Crippen LogP contribution in [0.3, 0.4) is 0 Å². The number of rotatable bonds is 4. The summed E-state index contributed by atoms with van der Waals surface area (Å²) in [7, 11) is 1.67. The van der Waals surface area contributed by atoms with Gasteiger partial charge in [-0.05, 0) is 29.8 Å². The van der Waals surface area contributed by atoms with Gasteiger partial charge in [-0.15, -0.1) is 0 Å². The van der Waals surface area contributed by atoms with Crippen LogP contribution in [0, 0.1) is 0 Å². The lowest BCUT2D eigenvalue weighted by atomic mass is 10.2. The summed E-state index contributed by atoms with van der Waals surface area (Å²) in [6.07, 6.45) is 0. The summed E-state index contributed by atoms with van der Waals surface area (Å²) in [5, 5.41) is 1.12. The molecule has 0 bridgehead atoms. The topological polar surface area (TPSA) is 27.1 Å². The Morgan fingerprint density at radius 2 is 1.90 bits per heavy atom. The molecule has 0 atom stereocenters. The van der Waals surface area contributed by atoms with Crippen LogP contribution in [0.5, 0.6) is 0 Å². The van der Waals surface area contributed by atoms with Crippen molar-refractivity contribution in [2.24, 2.45) is 0 Å². The molecule has 21 heavy (non-hydrogen) atoms. The zero-order valence-electron chi connectivity index (χ0n) is 11.5. The Bertz CT molecular complexity index is 783. The maximum absolute atomic E-state index is 6.09. The van der Waals surface area contributed by atoms with Crippen LogP contribution in [0.25, 0.3) is 11.0 Å². The van der Waals surface area contributed by atoms with E-state index in [2.05, 4.69) is 15.6 Å². The van der Waals surface area contributed by atoms with Gasteiger partial charge < -0.3 is 9.30 Å². The van der Waals surface area contributed by atoms with E-state index in [-0.39, 0.29) is 0 Å². The number of aromatic nitrogens is 2. The molecule has 0 saturated carbocycles. The maximum atomic E-state index is 6.09. The van der Waals surface area contributed by atoms with Gasteiger partial charge in [0, 0.05) is 13.7 Å². The van der Waals surface area contributed by atoms with Gasteiger partial charge in [-0.2, -0.15) is 0 Å². The first-order valence-corrected chi connectivity index (χ1v) is 7.31. The molecule has 0 radical (unpaired) electrons. The SMILES string of the molecule is COCc1nc2ccccc2n1Cc1ccc(Cl)c(Cl)c1. The Morgan fingerprint density at radius 1 is 1.10 bits per heavy atom. The van der Waals surface area contributed by atoms with Crippen molar-refractivity contribution in [1.29, 1.82) is 0 Å².